The number of rotatable bonds is 6. The minimum absolute atomic E-state index is 0.107. The second-order valence-electron chi connectivity index (χ2n) is 5.15. The monoisotopic (exact) mass is 355 g/mol. The average molecular weight is 355 g/mol. The van der Waals surface area contributed by atoms with E-state index in [1.165, 1.54) is 21.3 Å². The van der Waals surface area contributed by atoms with Crippen molar-refractivity contribution in [3.8, 4) is 28.7 Å². The quantitative estimate of drug-likeness (QED) is 0.412. The van der Waals surface area contributed by atoms with Gasteiger partial charge in [-0.15, -0.1) is 0 Å². The summed E-state index contributed by atoms with van der Waals surface area (Å²) in [6.45, 7) is 0. The Labute approximate surface area is 149 Å². The Morgan fingerprint density at radius 3 is 2.19 bits per heavy atom. The van der Waals surface area contributed by atoms with Crippen LogP contribution in [0.3, 0.4) is 0 Å². The van der Waals surface area contributed by atoms with E-state index in [0.29, 0.717) is 28.7 Å². The molecule has 0 fully saturated rings. The van der Waals surface area contributed by atoms with Gasteiger partial charge >= 0.3 is 0 Å². The van der Waals surface area contributed by atoms with Gasteiger partial charge in [0.05, 0.1) is 21.3 Å². The maximum Gasteiger partial charge on any atom is 0.258 e. The molecule has 0 unspecified atom stereocenters. The van der Waals surface area contributed by atoms with E-state index in [2.05, 4.69) is 15.3 Å². The van der Waals surface area contributed by atoms with E-state index >= 15 is 0 Å². The number of nitrogens with zero attached hydrogens (tertiary/aromatic N) is 3. The lowest BCUT2D eigenvalue weighted by atomic mass is 10.1. The van der Waals surface area contributed by atoms with Gasteiger partial charge in [0, 0.05) is 11.1 Å². The third-order valence-electron chi connectivity index (χ3n) is 3.70. The van der Waals surface area contributed by atoms with Gasteiger partial charge in [0.1, 0.15) is 0 Å². The molecule has 1 N–H and O–H groups in total. The molecule has 0 saturated carbocycles. The number of hydrogen-bond donors (Lipinski definition) is 1. The van der Waals surface area contributed by atoms with Crippen molar-refractivity contribution < 1.29 is 23.9 Å². The van der Waals surface area contributed by atoms with Crippen molar-refractivity contribution in [2.45, 2.75) is 0 Å². The van der Waals surface area contributed by atoms with E-state index in [1.807, 2.05) is 30.3 Å². The summed E-state index contributed by atoms with van der Waals surface area (Å²) < 4.78 is 21.2. The van der Waals surface area contributed by atoms with Crippen molar-refractivity contribution in [3.05, 3.63) is 53.9 Å². The minimum atomic E-state index is 0.107. The van der Waals surface area contributed by atoms with E-state index in [4.69, 9.17) is 18.7 Å². The van der Waals surface area contributed by atoms with Crippen LogP contribution in [0.15, 0.2) is 52.1 Å². The number of benzene rings is 2. The smallest absolute Gasteiger partial charge is 0.258 e. The van der Waals surface area contributed by atoms with E-state index < -0.39 is 0 Å². The largest absolute Gasteiger partial charge is 0.493 e. The molecule has 0 spiro atoms. The summed E-state index contributed by atoms with van der Waals surface area (Å²) in [6.07, 6.45) is 0. The summed E-state index contributed by atoms with van der Waals surface area (Å²) in [6, 6.07) is 12.6. The number of ether oxygens (including phenoxy) is 3. The molecule has 0 aliphatic heterocycles. The Bertz CT molecular complexity index is 897. The number of aromatic nitrogens is 2. The van der Waals surface area contributed by atoms with Crippen LogP contribution < -0.4 is 14.2 Å². The Hall–Kier alpha value is -3.55. The fourth-order valence-electron chi connectivity index (χ4n) is 2.47. The highest BCUT2D eigenvalue weighted by atomic mass is 16.5. The number of hydrogen-bond acceptors (Lipinski definition) is 8. The number of methoxy groups -OCH3 is 3. The first kappa shape index (κ1) is 17.3. The molecule has 0 aliphatic rings. The first-order valence-corrected chi connectivity index (χ1v) is 7.63. The van der Waals surface area contributed by atoms with Gasteiger partial charge in [-0.25, -0.2) is 0 Å². The van der Waals surface area contributed by atoms with Crippen molar-refractivity contribution in [2.75, 3.05) is 21.3 Å². The summed E-state index contributed by atoms with van der Waals surface area (Å²) in [7, 11) is 4.50. The zero-order valence-corrected chi connectivity index (χ0v) is 14.5. The molecule has 1 aromatic heterocycles. The van der Waals surface area contributed by atoms with Crippen LogP contribution in [0.2, 0.25) is 0 Å². The molecule has 0 amide bonds. The summed E-state index contributed by atoms with van der Waals surface area (Å²) in [5, 5.41) is 16.7. The zero-order chi connectivity index (χ0) is 18.5. The highest BCUT2D eigenvalue weighted by Gasteiger charge is 2.21. The Morgan fingerprint density at radius 2 is 1.65 bits per heavy atom. The topological polar surface area (TPSA) is 99.2 Å². The van der Waals surface area contributed by atoms with Crippen molar-refractivity contribution in [2.24, 2.45) is 5.16 Å². The van der Waals surface area contributed by atoms with Crippen molar-refractivity contribution in [3.63, 3.8) is 0 Å². The minimum Gasteiger partial charge on any atom is -0.493 e. The predicted molar refractivity (Wildman–Crippen MR) is 93.3 cm³/mol. The molecule has 0 bridgehead atoms. The summed E-state index contributed by atoms with van der Waals surface area (Å²) in [4.78, 5) is 4.30. The second kappa shape index (κ2) is 7.56. The lowest BCUT2D eigenvalue weighted by molar-refractivity contribution is 0.318. The van der Waals surface area contributed by atoms with Crippen LogP contribution in [-0.2, 0) is 0 Å². The van der Waals surface area contributed by atoms with Crippen molar-refractivity contribution in [1.82, 2.24) is 10.1 Å². The lowest BCUT2D eigenvalue weighted by Gasteiger charge is -2.13. The molecule has 0 atom stereocenters. The molecule has 2 aromatic carbocycles. The van der Waals surface area contributed by atoms with E-state index in [9.17, 15) is 5.21 Å². The fraction of sp³-hybridized carbons (Fsp3) is 0.167. The van der Waals surface area contributed by atoms with Crippen molar-refractivity contribution >= 4 is 5.71 Å². The maximum atomic E-state index is 9.52. The van der Waals surface area contributed by atoms with E-state index in [-0.39, 0.29) is 11.5 Å². The molecular weight excluding hydrogens is 338 g/mol. The molecule has 0 radical (unpaired) electrons. The molecule has 3 aromatic rings. The van der Waals surface area contributed by atoms with E-state index in [1.54, 1.807) is 12.1 Å². The summed E-state index contributed by atoms with van der Waals surface area (Å²) in [5.74, 6) is 1.69. The van der Waals surface area contributed by atoms with Gasteiger partial charge in [0.2, 0.25) is 11.6 Å². The Balaban J connectivity index is 2.04. The highest BCUT2D eigenvalue weighted by molar-refractivity contribution is 6.11. The van der Waals surface area contributed by atoms with Gasteiger partial charge in [0.15, 0.2) is 17.2 Å². The molecule has 26 heavy (non-hydrogen) atoms. The zero-order valence-electron chi connectivity index (χ0n) is 14.5. The summed E-state index contributed by atoms with van der Waals surface area (Å²) in [5.41, 5.74) is 1.34. The summed E-state index contributed by atoms with van der Waals surface area (Å²) >= 11 is 0. The molecule has 8 heteroatoms. The van der Waals surface area contributed by atoms with Crippen molar-refractivity contribution in [1.29, 1.82) is 0 Å². The molecular formula is C18H17N3O5. The molecule has 8 nitrogen and oxygen atoms in total. The Morgan fingerprint density at radius 1 is 1.00 bits per heavy atom. The van der Waals surface area contributed by atoms with Crippen LogP contribution in [0.5, 0.6) is 17.2 Å². The number of oxime groups is 1. The molecule has 0 aliphatic carbocycles. The van der Waals surface area contributed by atoms with Crippen LogP contribution in [0.25, 0.3) is 11.5 Å². The van der Waals surface area contributed by atoms with E-state index in [0.717, 1.165) is 5.56 Å². The van der Waals surface area contributed by atoms with Crippen LogP contribution in [0.1, 0.15) is 11.4 Å². The van der Waals surface area contributed by atoms with Gasteiger partial charge in [-0.05, 0) is 24.3 Å². The van der Waals surface area contributed by atoms with Gasteiger partial charge in [-0.2, -0.15) is 4.98 Å². The van der Waals surface area contributed by atoms with Crippen LogP contribution in [0.4, 0.5) is 0 Å². The van der Waals surface area contributed by atoms with Gasteiger partial charge in [-0.1, -0.05) is 28.5 Å². The predicted octanol–water partition coefficient (Wildman–Crippen LogP) is 2.99. The molecule has 134 valence electrons. The van der Waals surface area contributed by atoms with Gasteiger partial charge in [0.25, 0.3) is 5.89 Å². The third kappa shape index (κ3) is 3.16. The second-order valence-corrected chi connectivity index (χ2v) is 5.15. The first-order valence-electron chi connectivity index (χ1n) is 7.63. The molecule has 3 rings (SSSR count). The first-order chi connectivity index (χ1) is 12.7. The van der Waals surface area contributed by atoms with Crippen LogP contribution in [-0.4, -0.2) is 42.4 Å². The fourth-order valence-corrected chi connectivity index (χ4v) is 2.47. The lowest BCUT2D eigenvalue weighted by Crippen LogP contribution is -2.07. The normalized spacial score (nSPS) is 11.3. The van der Waals surface area contributed by atoms with Gasteiger partial charge < -0.3 is 23.9 Å². The molecule has 1 heterocycles. The third-order valence-corrected chi connectivity index (χ3v) is 3.70. The maximum absolute atomic E-state index is 9.52. The Kier molecular flexibility index (Phi) is 5.02. The van der Waals surface area contributed by atoms with Crippen LogP contribution in [0, 0.1) is 0 Å². The highest BCUT2D eigenvalue weighted by Crippen LogP contribution is 2.38. The SMILES string of the molecule is COc1cc(/C(=N/O)c2noc(-c3ccccc3)n2)cc(OC)c1OC. The van der Waals surface area contributed by atoms with Crippen LogP contribution >= 0.6 is 0 Å². The molecule has 0 saturated heterocycles. The average Bonchev–Trinajstić information content (AvgIpc) is 3.18. The standard InChI is InChI=1S/C18H17N3O5/c1-23-13-9-12(10-14(24-2)16(13)25-3)15(20-22)17-19-18(26-21-17)11-7-5-4-6-8-11/h4-10,22H,1-3H3/b20-15-. The van der Waals surface area contributed by atoms with Gasteiger partial charge in [-0.3, -0.25) is 0 Å².